The molecule has 2 rings (SSSR count). The molecule has 0 fully saturated rings. The van der Waals surface area contributed by atoms with Gasteiger partial charge < -0.3 is 5.32 Å². The molecule has 0 spiro atoms. The lowest BCUT2D eigenvalue weighted by Gasteiger charge is -2.05. The molecule has 2 amide bonds. The van der Waals surface area contributed by atoms with Gasteiger partial charge in [0.2, 0.25) is 16.0 Å². The van der Waals surface area contributed by atoms with Crippen LogP contribution in [0.25, 0.3) is 0 Å². The van der Waals surface area contributed by atoms with Crippen molar-refractivity contribution in [1.29, 1.82) is 0 Å². The number of alkyl halides is 3. The number of nitrogens with zero attached hydrogens (tertiary/aromatic N) is 2. The fraction of sp³-hybridized carbons (Fsp3) is 0.167. The van der Waals surface area contributed by atoms with Crippen LogP contribution in [0.15, 0.2) is 18.2 Å². The van der Waals surface area contributed by atoms with Gasteiger partial charge >= 0.3 is 6.18 Å². The number of carbonyl (C=O) groups excluding carboxylic acids is 2. The summed E-state index contributed by atoms with van der Waals surface area (Å²) in [5.74, 6) is -3.88. The molecule has 0 aliphatic rings. The van der Waals surface area contributed by atoms with Crippen molar-refractivity contribution in [1.82, 2.24) is 15.5 Å². The fourth-order valence-electron chi connectivity index (χ4n) is 1.48. The highest BCUT2D eigenvalue weighted by Gasteiger charge is 2.35. The van der Waals surface area contributed by atoms with Gasteiger partial charge in [-0.05, 0) is 12.1 Å². The van der Waals surface area contributed by atoms with E-state index in [1.807, 2.05) is 10.6 Å². The number of benzene rings is 1. The number of anilines is 1. The van der Waals surface area contributed by atoms with Gasteiger partial charge in [0.15, 0.2) is 0 Å². The molecule has 128 valence electrons. The molecule has 1 heterocycles. The Morgan fingerprint density at radius 2 is 1.88 bits per heavy atom. The second-order valence-corrected chi connectivity index (χ2v) is 5.24. The molecular formula is C12H7F5N4O2S. The number of nitrogens with one attached hydrogen (secondary N) is 2. The average molecular weight is 366 g/mol. The Morgan fingerprint density at radius 3 is 2.46 bits per heavy atom. The van der Waals surface area contributed by atoms with Crippen LogP contribution in [-0.4, -0.2) is 28.6 Å². The van der Waals surface area contributed by atoms with E-state index in [0.717, 1.165) is 12.1 Å². The summed E-state index contributed by atoms with van der Waals surface area (Å²) in [4.78, 5) is 23.2. The van der Waals surface area contributed by atoms with Gasteiger partial charge in [0.1, 0.15) is 11.6 Å². The maximum Gasteiger partial charge on any atom is 0.445 e. The second-order valence-electron chi connectivity index (χ2n) is 4.27. The van der Waals surface area contributed by atoms with Gasteiger partial charge in [-0.25, -0.2) is 8.78 Å². The highest BCUT2D eigenvalue weighted by Crippen LogP contribution is 2.32. The first kappa shape index (κ1) is 17.7. The van der Waals surface area contributed by atoms with E-state index in [1.165, 1.54) is 0 Å². The van der Waals surface area contributed by atoms with Crippen LogP contribution in [-0.2, 0) is 11.0 Å². The van der Waals surface area contributed by atoms with Gasteiger partial charge in [-0.3, -0.25) is 14.9 Å². The second kappa shape index (κ2) is 6.86. The molecule has 24 heavy (non-hydrogen) atoms. The molecule has 2 aromatic rings. The van der Waals surface area contributed by atoms with Gasteiger partial charge in [-0.2, -0.15) is 13.2 Å². The zero-order valence-electron chi connectivity index (χ0n) is 11.4. The lowest BCUT2D eigenvalue weighted by molar-refractivity contribution is -0.138. The first-order chi connectivity index (χ1) is 11.2. The fourth-order valence-corrected chi connectivity index (χ4v) is 2.11. The van der Waals surface area contributed by atoms with Crippen molar-refractivity contribution < 1.29 is 31.5 Å². The zero-order valence-corrected chi connectivity index (χ0v) is 12.3. The molecule has 0 bridgehead atoms. The van der Waals surface area contributed by atoms with E-state index in [9.17, 15) is 31.5 Å². The quantitative estimate of drug-likeness (QED) is 0.813. The van der Waals surface area contributed by atoms with Crippen molar-refractivity contribution in [2.45, 2.75) is 6.18 Å². The van der Waals surface area contributed by atoms with Gasteiger partial charge in [0.05, 0.1) is 12.1 Å². The minimum atomic E-state index is -4.69. The molecule has 12 heteroatoms. The van der Waals surface area contributed by atoms with E-state index in [1.54, 1.807) is 0 Å². The third kappa shape index (κ3) is 4.44. The molecule has 0 atom stereocenters. The van der Waals surface area contributed by atoms with Crippen molar-refractivity contribution >= 4 is 28.3 Å². The number of carbonyl (C=O) groups is 2. The van der Waals surface area contributed by atoms with E-state index in [0.29, 0.717) is 6.07 Å². The Morgan fingerprint density at radius 1 is 1.17 bits per heavy atom. The molecule has 1 aromatic heterocycles. The van der Waals surface area contributed by atoms with Crippen LogP contribution in [0.4, 0.5) is 27.1 Å². The lowest BCUT2D eigenvalue weighted by atomic mass is 10.2. The minimum absolute atomic E-state index is 0.109. The van der Waals surface area contributed by atoms with E-state index in [4.69, 9.17) is 0 Å². The Balaban J connectivity index is 1.91. The largest absolute Gasteiger partial charge is 0.445 e. The molecule has 0 saturated carbocycles. The van der Waals surface area contributed by atoms with Crippen molar-refractivity contribution in [3.63, 3.8) is 0 Å². The molecular weight excluding hydrogens is 359 g/mol. The summed E-state index contributed by atoms with van der Waals surface area (Å²) in [6.07, 6.45) is -4.69. The zero-order chi connectivity index (χ0) is 17.9. The normalized spacial score (nSPS) is 11.2. The molecule has 0 aliphatic heterocycles. The molecule has 0 radical (unpaired) electrons. The van der Waals surface area contributed by atoms with Crippen LogP contribution in [0.3, 0.4) is 0 Å². The van der Waals surface area contributed by atoms with Crippen molar-refractivity contribution in [2.75, 3.05) is 11.9 Å². The highest BCUT2D eigenvalue weighted by molar-refractivity contribution is 7.15. The van der Waals surface area contributed by atoms with Crippen LogP contribution >= 0.6 is 11.3 Å². The third-order valence-corrected chi connectivity index (χ3v) is 3.38. The van der Waals surface area contributed by atoms with E-state index < -0.39 is 51.9 Å². The highest BCUT2D eigenvalue weighted by atomic mass is 32.1. The summed E-state index contributed by atoms with van der Waals surface area (Å²) in [6.45, 7) is -0.656. The SMILES string of the molecule is O=C(CNC(=O)c1ccc(F)cc1F)Nc1nnc(C(F)(F)F)s1. The predicted octanol–water partition coefficient (Wildman–Crippen LogP) is 2.20. The number of hydrogen-bond acceptors (Lipinski definition) is 5. The van der Waals surface area contributed by atoms with Crippen LogP contribution in [0.2, 0.25) is 0 Å². The van der Waals surface area contributed by atoms with Crippen molar-refractivity contribution in [3.8, 4) is 0 Å². The van der Waals surface area contributed by atoms with Crippen LogP contribution in [0.5, 0.6) is 0 Å². The third-order valence-electron chi connectivity index (χ3n) is 2.50. The smallest absolute Gasteiger partial charge is 0.343 e. The summed E-state index contributed by atoms with van der Waals surface area (Å²) in [7, 11) is 0. The van der Waals surface area contributed by atoms with E-state index >= 15 is 0 Å². The van der Waals surface area contributed by atoms with Gasteiger partial charge in [0.25, 0.3) is 5.91 Å². The Bertz CT molecular complexity index is 777. The molecule has 0 unspecified atom stereocenters. The Labute approximate surface area is 134 Å². The average Bonchev–Trinajstić information content (AvgIpc) is 2.93. The van der Waals surface area contributed by atoms with Gasteiger partial charge in [0, 0.05) is 6.07 Å². The summed E-state index contributed by atoms with van der Waals surface area (Å²) < 4.78 is 63.1. The molecule has 0 saturated heterocycles. The number of hydrogen-bond donors (Lipinski definition) is 2. The summed E-state index contributed by atoms with van der Waals surface area (Å²) >= 11 is 0.109. The lowest BCUT2D eigenvalue weighted by Crippen LogP contribution is -2.33. The minimum Gasteiger partial charge on any atom is -0.343 e. The van der Waals surface area contributed by atoms with Gasteiger partial charge in [-0.15, -0.1) is 10.2 Å². The first-order valence-corrected chi connectivity index (χ1v) is 6.92. The van der Waals surface area contributed by atoms with Gasteiger partial charge in [-0.1, -0.05) is 11.3 Å². The van der Waals surface area contributed by atoms with Crippen molar-refractivity contribution in [2.24, 2.45) is 0 Å². The summed E-state index contributed by atoms with van der Waals surface area (Å²) in [5.41, 5.74) is -0.487. The van der Waals surface area contributed by atoms with E-state index in [-0.39, 0.29) is 11.3 Å². The molecule has 2 N–H and O–H groups in total. The van der Waals surface area contributed by atoms with E-state index in [2.05, 4.69) is 10.2 Å². The summed E-state index contributed by atoms with van der Waals surface area (Å²) in [5, 5.41) is 8.38. The Kier molecular flexibility index (Phi) is 5.07. The van der Waals surface area contributed by atoms with Crippen LogP contribution < -0.4 is 10.6 Å². The maximum atomic E-state index is 13.4. The predicted molar refractivity (Wildman–Crippen MR) is 72.2 cm³/mol. The summed E-state index contributed by atoms with van der Waals surface area (Å²) in [6, 6.07) is 2.24. The standard InChI is InChI=1S/C12H7F5N4O2S/c13-5-1-2-6(7(14)3-5)9(23)18-4-8(22)19-11-21-20-10(24-11)12(15,16)17/h1-3H,4H2,(H,18,23)(H,19,21,22). The number of aromatic nitrogens is 2. The molecule has 0 aliphatic carbocycles. The van der Waals surface area contributed by atoms with Crippen LogP contribution in [0, 0.1) is 11.6 Å². The van der Waals surface area contributed by atoms with Crippen molar-refractivity contribution in [3.05, 3.63) is 40.4 Å². The number of rotatable bonds is 4. The molecule has 1 aromatic carbocycles. The topological polar surface area (TPSA) is 84.0 Å². The Hall–Kier alpha value is -2.63. The number of halogens is 5. The van der Waals surface area contributed by atoms with Crippen LogP contribution in [0.1, 0.15) is 15.4 Å². The monoisotopic (exact) mass is 366 g/mol. The maximum absolute atomic E-state index is 13.4. The molecule has 6 nitrogen and oxygen atoms in total. The first-order valence-electron chi connectivity index (χ1n) is 6.10. The number of amides is 2.